The standard InChI is InChI=1S/C20H11ClF2N6O3S2/c21-11-1-2-16(15(3-11)29-10-27-14-6-24-8-26-20(14)29)32-17-4-13(23)18(5-12(17)22)34(30,31)7-19-25-9-28-33-19/h1-6,8-10H,7H2. The number of rotatable bonds is 6. The lowest BCUT2D eigenvalue weighted by molar-refractivity contribution is 0.430. The van der Waals surface area contributed by atoms with Gasteiger partial charge < -0.3 is 4.74 Å². The molecular weight excluding hydrogens is 510 g/mol. The first-order valence-corrected chi connectivity index (χ1v) is 12.2. The molecule has 34 heavy (non-hydrogen) atoms. The fourth-order valence-corrected chi connectivity index (χ4v) is 5.50. The molecule has 3 heterocycles. The molecule has 0 fully saturated rings. The molecule has 0 bridgehead atoms. The molecule has 5 aromatic rings. The fourth-order valence-electron chi connectivity index (χ4n) is 3.15. The Morgan fingerprint density at radius 3 is 2.68 bits per heavy atom. The maximum atomic E-state index is 14.9. The van der Waals surface area contributed by atoms with Crippen molar-refractivity contribution in [3.63, 3.8) is 0 Å². The first kappa shape index (κ1) is 22.3. The van der Waals surface area contributed by atoms with E-state index in [1.54, 1.807) is 4.57 Å². The van der Waals surface area contributed by atoms with Gasteiger partial charge in [-0.05, 0) is 35.8 Å². The van der Waals surface area contributed by atoms with E-state index in [1.165, 1.54) is 43.4 Å². The van der Waals surface area contributed by atoms with Crippen molar-refractivity contribution in [2.24, 2.45) is 0 Å². The fraction of sp³-hybridized carbons (Fsp3) is 0.0500. The molecule has 2 aromatic carbocycles. The van der Waals surface area contributed by atoms with E-state index >= 15 is 0 Å². The van der Waals surface area contributed by atoms with Gasteiger partial charge in [0.2, 0.25) is 0 Å². The van der Waals surface area contributed by atoms with Crippen LogP contribution in [0.3, 0.4) is 0 Å². The third-order valence-electron chi connectivity index (χ3n) is 4.66. The number of imidazole rings is 1. The molecule has 0 aliphatic rings. The Hall–Kier alpha value is -3.55. The van der Waals surface area contributed by atoms with Gasteiger partial charge in [0.1, 0.15) is 46.0 Å². The molecule has 0 saturated carbocycles. The second-order valence-corrected chi connectivity index (χ2v) is 10.1. The van der Waals surface area contributed by atoms with Crippen LogP contribution >= 0.6 is 23.1 Å². The van der Waals surface area contributed by atoms with Gasteiger partial charge in [-0.3, -0.25) is 4.57 Å². The molecule has 0 atom stereocenters. The zero-order chi connectivity index (χ0) is 23.9. The summed E-state index contributed by atoms with van der Waals surface area (Å²) in [6.07, 6.45) is 5.49. The molecule has 0 aliphatic carbocycles. The summed E-state index contributed by atoms with van der Waals surface area (Å²) in [7, 11) is -4.21. The summed E-state index contributed by atoms with van der Waals surface area (Å²) in [5.41, 5.74) is 1.28. The van der Waals surface area contributed by atoms with Gasteiger partial charge in [0.15, 0.2) is 32.8 Å². The molecule has 0 unspecified atom stereocenters. The first-order valence-electron chi connectivity index (χ1n) is 9.40. The Morgan fingerprint density at radius 1 is 1.03 bits per heavy atom. The van der Waals surface area contributed by atoms with Gasteiger partial charge in [-0.25, -0.2) is 37.1 Å². The second kappa shape index (κ2) is 8.66. The van der Waals surface area contributed by atoms with Crippen molar-refractivity contribution in [2.45, 2.75) is 10.6 Å². The van der Waals surface area contributed by atoms with Crippen LogP contribution in [0, 0.1) is 11.6 Å². The molecule has 5 rings (SSSR count). The van der Waals surface area contributed by atoms with Gasteiger partial charge in [-0.15, -0.1) is 0 Å². The summed E-state index contributed by atoms with van der Waals surface area (Å²) in [5.74, 6) is -3.27. The average molecular weight is 521 g/mol. The highest BCUT2D eigenvalue weighted by Crippen LogP contribution is 2.35. The van der Waals surface area contributed by atoms with Crippen molar-refractivity contribution >= 4 is 44.1 Å². The average Bonchev–Trinajstić information content (AvgIpc) is 3.46. The SMILES string of the molecule is O=S(=O)(Cc1ncns1)c1cc(F)c(Oc2ccc(Cl)cc2-n2cnc3cncnc32)cc1F. The van der Waals surface area contributed by atoms with Crippen molar-refractivity contribution in [1.29, 1.82) is 0 Å². The van der Waals surface area contributed by atoms with Gasteiger partial charge in [0.05, 0.1) is 11.9 Å². The number of aromatic nitrogens is 6. The van der Waals surface area contributed by atoms with Gasteiger partial charge in [0, 0.05) is 11.1 Å². The molecule has 0 N–H and O–H groups in total. The van der Waals surface area contributed by atoms with E-state index in [9.17, 15) is 17.2 Å². The first-order chi connectivity index (χ1) is 16.3. The van der Waals surface area contributed by atoms with Crippen molar-refractivity contribution < 1.29 is 21.9 Å². The Labute approximate surface area is 199 Å². The molecule has 3 aromatic heterocycles. The highest BCUT2D eigenvalue weighted by Gasteiger charge is 2.25. The van der Waals surface area contributed by atoms with Crippen LogP contribution in [-0.4, -0.2) is 37.3 Å². The van der Waals surface area contributed by atoms with Crippen LogP contribution < -0.4 is 4.74 Å². The van der Waals surface area contributed by atoms with Gasteiger partial charge in [0.25, 0.3) is 0 Å². The summed E-state index contributed by atoms with van der Waals surface area (Å²) >= 11 is 7.00. The number of fused-ring (bicyclic) bond motifs is 1. The molecule has 0 radical (unpaired) electrons. The van der Waals surface area contributed by atoms with Gasteiger partial charge >= 0.3 is 0 Å². The number of hydrogen-bond donors (Lipinski definition) is 0. The number of sulfone groups is 1. The summed E-state index contributed by atoms with van der Waals surface area (Å²) in [4.78, 5) is 15.3. The molecule has 0 amide bonds. The van der Waals surface area contributed by atoms with E-state index < -0.39 is 37.9 Å². The Morgan fingerprint density at radius 2 is 1.88 bits per heavy atom. The molecule has 9 nitrogen and oxygen atoms in total. The van der Waals surface area contributed by atoms with E-state index in [2.05, 4.69) is 24.3 Å². The second-order valence-electron chi connectivity index (χ2n) is 6.87. The predicted molar refractivity (Wildman–Crippen MR) is 119 cm³/mol. The van der Waals surface area contributed by atoms with Crippen LogP contribution in [0.2, 0.25) is 5.02 Å². The number of ether oxygens (including phenoxy) is 1. The Kier molecular flexibility index (Phi) is 5.67. The third kappa shape index (κ3) is 4.20. The van der Waals surface area contributed by atoms with E-state index in [0.717, 1.165) is 11.5 Å². The van der Waals surface area contributed by atoms with Crippen molar-refractivity contribution in [3.05, 3.63) is 77.2 Å². The van der Waals surface area contributed by atoms with Crippen LogP contribution in [0.15, 0.2) is 60.4 Å². The van der Waals surface area contributed by atoms with E-state index in [-0.39, 0.29) is 10.8 Å². The summed E-state index contributed by atoms with van der Waals surface area (Å²) in [6, 6.07) is 5.76. The van der Waals surface area contributed by atoms with Crippen molar-refractivity contribution in [3.8, 4) is 17.2 Å². The molecular formula is C20H11ClF2N6O3S2. The number of halogens is 3. The lowest BCUT2D eigenvalue weighted by Crippen LogP contribution is -2.08. The Balaban J connectivity index is 1.53. The summed E-state index contributed by atoms with van der Waals surface area (Å²) < 4.78 is 65.7. The number of benzene rings is 2. The molecule has 172 valence electrons. The van der Waals surface area contributed by atoms with E-state index in [4.69, 9.17) is 16.3 Å². The van der Waals surface area contributed by atoms with Crippen LogP contribution in [-0.2, 0) is 15.6 Å². The monoisotopic (exact) mass is 520 g/mol. The third-order valence-corrected chi connectivity index (χ3v) is 7.37. The molecule has 0 saturated heterocycles. The van der Waals surface area contributed by atoms with E-state index in [0.29, 0.717) is 34.0 Å². The lowest BCUT2D eigenvalue weighted by Gasteiger charge is -2.14. The van der Waals surface area contributed by atoms with E-state index in [1.807, 2.05) is 0 Å². The predicted octanol–water partition coefficient (Wildman–Crippen LogP) is 4.36. The molecule has 0 aliphatic heterocycles. The zero-order valence-corrected chi connectivity index (χ0v) is 19.2. The maximum Gasteiger partial charge on any atom is 0.187 e. The van der Waals surface area contributed by atoms with Crippen molar-refractivity contribution in [1.82, 2.24) is 28.9 Å². The maximum absolute atomic E-state index is 14.9. The smallest absolute Gasteiger partial charge is 0.187 e. The van der Waals surface area contributed by atoms with Crippen LogP contribution in [0.1, 0.15) is 5.01 Å². The minimum absolute atomic E-state index is 0.102. The quantitative estimate of drug-likeness (QED) is 0.324. The van der Waals surface area contributed by atoms with Gasteiger partial charge in [-0.1, -0.05) is 11.6 Å². The summed E-state index contributed by atoms with van der Waals surface area (Å²) in [6.45, 7) is 0. The summed E-state index contributed by atoms with van der Waals surface area (Å²) in [5, 5.41) is 0.505. The number of hydrogen-bond acceptors (Lipinski definition) is 9. The minimum Gasteiger partial charge on any atom is -0.452 e. The largest absolute Gasteiger partial charge is 0.452 e. The highest BCUT2D eigenvalue weighted by atomic mass is 35.5. The van der Waals surface area contributed by atoms with Crippen LogP contribution in [0.5, 0.6) is 11.5 Å². The van der Waals surface area contributed by atoms with Gasteiger partial charge in [-0.2, -0.15) is 4.37 Å². The minimum atomic E-state index is -4.21. The normalized spacial score (nSPS) is 11.7. The van der Waals surface area contributed by atoms with Crippen LogP contribution in [0.4, 0.5) is 8.78 Å². The lowest BCUT2D eigenvalue weighted by atomic mass is 10.2. The highest BCUT2D eigenvalue weighted by molar-refractivity contribution is 7.90. The topological polar surface area (TPSA) is 113 Å². The Bertz CT molecular complexity index is 1630. The number of nitrogens with zero attached hydrogens (tertiary/aromatic N) is 6. The molecule has 14 heteroatoms. The van der Waals surface area contributed by atoms with Crippen molar-refractivity contribution in [2.75, 3.05) is 0 Å². The zero-order valence-electron chi connectivity index (χ0n) is 16.8. The molecule has 0 spiro atoms. The van der Waals surface area contributed by atoms with Crippen LogP contribution in [0.25, 0.3) is 16.9 Å².